The third kappa shape index (κ3) is 3.15. The molecule has 0 unspecified atom stereocenters. The van der Waals surface area contributed by atoms with Crippen LogP contribution < -0.4 is 5.32 Å². The fraction of sp³-hybridized carbons (Fsp3) is 0.267. The van der Waals surface area contributed by atoms with Crippen LogP contribution >= 0.6 is 11.3 Å². The predicted octanol–water partition coefficient (Wildman–Crippen LogP) is 4.49. The summed E-state index contributed by atoms with van der Waals surface area (Å²) in [6.45, 7) is 3.86. The number of anilines is 2. The Morgan fingerprint density at radius 1 is 1.42 bits per heavy atom. The molecule has 0 atom stereocenters. The highest BCUT2D eigenvalue weighted by Crippen LogP contribution is 2.31. The highest BCUT2D eigenvalue weighted by Gasteiger charge is 2.15. The normalized spacial score (nSPS) is 10.4. The second kappa shape index (κ2) is 5.89. The Kier molecular flexibility index (Phi) is 4.22. The lowest BCUT2D eigenvalue weighted by atomic mass is 10.0. The first kappa shape index (κ1) is 13.6. The summed E-state index contributed by atoms with van der Waals surface area (Å²) in [7, 11) is 0. The van der Waals surface area contributed by atoms with Gasteiger partial charge in [0, 0.05) is 12.0 Å². The minimum absolute atomic E-state index is 0.0561. The number of hydrogen-bond acceptors (Lipinski definition) is 4. The average molecular weight is 275 g/mol. The summed E-state index contributed by atoms with van der Waals surface area (Å²) in [4.78, 5) is 12.2. The predicted molar refractivity (Wildman–Crippen MR) is 79.7 cm³/mol. The number of nitrogens with one attached hydrogen (secondary N) is 1. The van der Waals surface area contributed by atoms with Gasteiger partial charge in [-0.3, -0.25) is 4.79 Å². The topological polar surface area (TPSA) is 49.3 Å². The number of thiophene rings is 1. The smallest absolute Gasteiger partial charge is 0.165 e. The molecule has 0 amide bonds. The van der Waals surface area contributed by atoms with Crippen LogP contribution in [0.3, 0.4) is 0 Å². The van der Waals surface area contributed by atoms with Gasteiger partial charge in [0.05, 0.1) is 10.7 Å². The van der Waals surface area contributed by atoms with Gasteiger partial charge >= 0.3 is 0 Å². The molecule has 0 aliphatic carbocycles. The summed E-state index contributed by atoms with van der Waals surface area (Å²) < 4.78 is 0. The van der Waals surface area contributed by atoms with Crippen molar-refractivity contribution in [1.82, 2.24) is 0 Å². The van der Waals surface area contributed by atoms with E-state index in [1.54, 1.807) is 23.5 Å². The molecule has 2 rings (SSSR count). The lowest BCUT2D eigenvalue weighted by Gasteiger charge is -2.13. The second-order valence-corrected chi connectivity index (χ2v) is 5.41. The standard InChI is InChI=1S/C15H17NO2S/c1-3-5-13(18)12-9-11(17)8-10(2)15(12)16-14-6-4-7-19-14/h4,6-9,16-17H,3,5H2,1-2H3. The van der Waals surface area contributed by atoms with E-state index in [1.807, 2.05) is 31.4 Å². The van der Waals surface area contributed by atoms with E-state index in [-0.39, 0.29) is 11.5 Å². The summed E-state index contributed by atoms with van der Waals surface area (Å²) in [5.41, 5.74) is 2.22. The Balaban J connectivity index is 2.42. The summed E-state index contributed by atoms with van der Waals surface area (Å²) in [6, 6.07) is 7.13. The number of carbonyl (C=O) groups is 1. The Labute approximate surface area is 116 Å². The van der Waals surface area contributed by atoms with Gasteiger partial charge in [-0.1, -0.05) is 6.92 Å². The van der Waals surface area contributed by atoms with Crippen LogP contribution in [0, 0.1) is 6.92 Å². The van der Waals surface area contributed by atoms with Gasteiger partial charge in [0.15, 0.2) is 5.78 Å². The van der Waals surface area contributed by atoms with E-state index in [9.17, 15) is 9.90 Å². The van der Waals surface area contributed by atoms with Gasteiger partial charge in [0.25, 0.3) is 0 Å². The van der Waals surface area contributed by atoms with E-state index in [0.29, 0.717) is 12.0 Å². The quantitative estimate of drug-likeness (QED) is 0.624. The second-order valence-electron chi connectivity index (χ2n) is 4.46. The van der Waals surface area contributed by atoms with Crippen LogP contribution in [0.2, 0.25) is 0 Å². The molecule has 19 heavy (non-hydrogen) atoms. The van der Waals surface area contributed by atoms with Crippen LogP contribution in [0.5, 0.6) is 5.75 Å². The molecule has 1 aromatic heterocycles. The summed E-state index contributed by atoms with van der Waals surface area (Å²) in [5, 5.41) is 15.9. The SMILES string of the molecule is CCCC(=O)c1cc(O)cc(C)c1Nc1cccs1. The number of aromatic hydroxyl groups is 1. The van der Waals surface area contributed by atoms with E-state index < -0.39 is 0 Å². The van der Waals surface area contributed by atoms with E-state index in [4.69, 9.17) is 0 Å². The monoisotopic (exact) mass is 275 g/mol. The van der Waals surface area contributed by atoms with Crippen molar-refractivity contribution in [3.63, 3.8) is 0 Å². The number of hydrogen-bond donors (Lipinski definition) is 2. The molecule has 0 aliphatic heterocycles. The van der Waals surface area contributed by atoms with E-state index in [0.717, 1.165) is 22.7 Å². The van der Waals surface area contributed by atoms with Crippen LogP contribution in [-0.2, 0) is 0 Å². The number of carbonyl (C=O) groups excluding carboxylic acids is 1. The van der Waals surface area contributed by atoms with Crippen molar-refractivity contribution >= 4 is 27.8 Å². The number of phenolic OH excluding ortho intramolecular Hbond substituents is 1. The van der Waals surface area contributed by atoms with Crippen molar-refractivity contribution in [1.29, 1.82) is 0 Å². The van der Waals surface area contributed by atoms with Crippen LogP contribution in [0.4, 0.5) is 10.7 Å². The van der Waals surface area contributed by atoms with Crippen molar-refractivity contribution in [2.45, 2.75) is 26.7 Å². The molecule has 3 nitrogen and oxygen atoms in total. The lowest BCUT2D eigenvalue weighted by molar-refractivity contribution is 0.0982. The molecule has 1 aromatic carbocycles. The molecule has 0 spiro atoms. The van der Waals surface area contributed by atoms with Crippen molar-refractivity contribution in [3.8, 4) is 5.75 Å². The molecule has 100 valence electrons. The summed E-state index contributed by atoms with van der Waals surface area (Å²) in [6.07, 6.45) is 1.29. The summed E-state index contributed by atoms with van der Waals surface area (Å²) >= 11 is 1.58. The van der Waals surface area contributed by atoms with Crippen molar-refractivity contribution < 1.29 is 9.90 Å². The minimum Gasteiger partial charge on any atom is -0.508 e. The zero-order valence-corrected chi connectivity index (χ0v) is 11.9. The molecule has 1 heterocycles. The number of rotatable bonds is 5. The number of ketones is 1. The van der Waals surface area contributed by atoms with Gasteiger partial charge in [0.1, 0.15) is 5.75 Å². The molecular formula is C15H17NO2S. The number of aryl methyl sites for hydroxylation is 1. The Morgan fingerprint density at radius 3 is 2.84 bits per heavy atom. The van der Waals surface area contributed by atoms with E-state index in [2.05, 4.69) is 5.32 Å². The third-order valence-corrected chi connectivity index (χ3v) is 3.65. The van der Waals surface area contributed by atoms with Crippen molar-refractivity contribution in [2.75, 3.05) is 5.32 Å². The zero-order chi connectivity index (χ0) is 13.8. The fourth-order valence-electron chi connectivity index (χ4n) is 1.99. The fourth-order valence-corrected chi connectivity index (χ4v) is 2.61. The van der Waals surface area contributed by atoms with E-state index in [1.165, 1.54) is 0 Å². The molecule has 0 saturated heterocycles. The molecule has 0 saturated carbocycles. The minimum atomic E-state index is 0.0561. The largest absolute Gasteiger partial charge is 0.508 e. The highest BCUT2D eigenvalue weighted by atomic mass is 32.1. The first-order chi connectivity index (χ1) is 9.11. The maximum absolute atomic E-state index is 12.2. The maximum atomic E-state index is 12.2. The van der Waals surface area contributed by atoms with Crippen LogP contribution in [0.1, 0.15) is 35.7 Å². The van der Waals surface area contributed by atoms with Crippen LogP contribution in [0.25, 0.3) is 0 Å². The third-order valence-electron chi connectivity index (χ3n) is 2.87. The van der Waals surface area contributed by atoms with Crippen LogP contribution in [0.15, 0.2) is 29.6 Å². The lowest BCUT2D eigenvalue weighted by Crippen LogP contribution is -2.05. The number of phenols is 1. The summed E-state index contributed by atoms with van der Waals surface area (Å²) in [5.74, 6) is 0.189. The molecule has 0 aliphatic rings. The molecule has 0 radical (unpaired) electrons. The Morgan fingerprint density at radius 2 is 2.21 bits per heavy atom. The van der Waals surface area contributed by atoms with Gasteiger partial charge in [-0.15, -0.1) is 11.3 Å². The highest BCUT2D eigenvalue weighted by molar-refractivity contribution is 7.14. The maximum Gasteiger partial charge on any atom is 0.165 e. The Hall–Kier alpha value is -1.81. The number of benzene rings is 1. The zero-order valence-electron chi connectivity index (χ0n) is 11.1. The first-order valence-corrected chi connectivity index (χ1v) is 7.17. The molecule has 2 N–H and O–H groups in total. The first-order valence-electron chi connectivity index (χ1n) is 6.29. The number of Topliss-reactive ketones (excluding diaryl/α,β-unsaturated/α-hetero) is 1. The Bertz CT molecular complexity index is 576. The molecular weight excluding hydrogens is 258 g/mol. The van der Waals surface area contributed by atoms with Gasteiger partial charge in [-0.2, -0.15) is 0 Å². The molecule has 2 aromatic rings. The molecule has 0 fully saturated rings. The van der Waals surface area contributed by atoms with Crippen LogP contribution in [-0.4, -0.2) is 10.9 Å². The van der Waals surface area contributed by atoms with Gasteiger partial charge < -0.3 is 10.4 Å². The van der Waals surface area contributed by atoms with Crippen molar-refractivity contribution in [3.05, 3.63) is 40.8 Å². The molecule has 0 bridgehead atoms. The van der Waals surface area contributed by atoms with Gasteiger partial charge in [-0.05, 0) is 48.6 Å². The van der Waals surface area contributed by atoms with Gasteiger partial charge in [-0.25, -0.2) is 0 Å². The van der Waals surface area contributed by atoms with Crippen molar-refractivity contribution in [2.24, 2.45) is 0 Å². The molecule has 4 heteroatoms. The average Bonchev–Trinajstić information content (AvgIpc) is 2.85. The van der Waals surface area contributed by atoms with Gasteiger partial charge in [0.2, 0.25) is 0 Å². The van der Waals surface area contributed by atoms with E-state index >= 15 is 0 Å².